The second-order valence-corrected chi connectivity index (χ2v) is 27.4. The van der Waals surface area contributed by atoms with Crippen molar-refractivity contribution < 1.29 is 13.6 Å². The summed E-state index contributed by atoms with van der Waals surface area (Å²) >= 11 is 0.293. The molecular weight excluding hydrogens is 760 g/mol. The monoisotopic (exact) mass is 818 g/mol. The van der Waals surface area contributed by atoms with E-state index in [0.717, 1.165) is 24.6 Å². The summed E-state index contributed by atoms with van der Waals surface area (Å²) in [7, 11) is -5.78. The van der Waals surface area contributed by atoms with Crippen LogP contribution in [0.5, 0.6) is 0 Å². The Hall–Kier alpha value is -3.33. The molecule has 0 N–H and O–H groups in total. The van der Waals surface area contributed by atoms with Gasteiger partial charge < -0.3 is 0 Å². The normalized spacial score (nSPS) is 19.3. The Bertz CT molecular complexity index is 1800. The molecule has 1 aliphatic rings. The zero-order valence-electron chi connectivity index (χ0n) is 33.0. The van der Waals surface area contributed by atoms with Crippen LogP contribution in [0, 0.1) is 0 Å². The van der Waals surface area contributed by atoms with Crippen LogP contribution in [-0.4, -0.2) is 56.5 Å². The van der Waals surface area contributed by atoms with Crippen molar-refractivity contribution in [3.8, 4) is 0 Å². The zero-order valence-corrected chi connectivity index (χ0v) is 36.7. The molecule has 0 radical (unpaired) electrons. The first-order valence-corrected chi connectivity index (χ1v) is 25.5. The van der Waals surface area contributed by atoms with Gasteiger partial charge in [0.2, 0.25) is 0 Å². The van der Waals surface area contributed by atoms with Gasteiger partial charge >= 0.3 is 335 Å². The van der Waals surface area contributed by atoms with Gasteiger partial charge in [0, 0.05) is 0 Å². The molecule has 6 heteroatoms. The number of hydrogen-bond donors (Lipinski definition) is 0. The molecule has 0 aromatic heterocycles. The van der Waals surface area contributed by atoms with E-state index in [9.17, 15) is 0 Å². The third-order valence-electron chi connectivity index (χ3n) is 10.8. The molecule has 54 heavy (non-hydrogen) atoms. The van der Waals surface area contributed by atoms with Gasteiger partial charge in [0.25, 0.3) is 0 Å². The summed E-state index contributed by atoms with van der Waals surface area (Å²) in [5.41, 5.74) is 0. The van der Waals surface area contributed by atoms with Crippen LogP contribution < -0.4 is 25.2 Å². The quantitative estimate of drug-likeness (QED) is 0.0936. The SMILES string of the molecule is CC(C)(C)[Si](OC[C@H]1OC(C[Se]c2ccccc2)CC/C=C\C[C@@H]1O[Si](c1ccccc1)(c1ccccc1)C(C)(C)C)(c1ccccc1)c1ccccc1. The Morgan fingerprint density at radius 2 is 1.00 bits per heavy atom. The number of rotatable bonds is 12. The van der Waals surface area contributed by atoms with E-state index >= 15 is 0 Å². The molecule has 0 fully saturated rings. The summed E-state index contributed by atoms with van der Waals surface area (Å²) in [6, 6.07) is 54.9. The Morgan fingerprint density at radius 1 is 0.574 bits per heavy atom. The van der Waals surface area contributed by atoms with Crippen molar-refractivity contribution in [2.24, 2.45) is 0 Å². The molecule has 5 aromatic rings. The average Bonchev–Trinajstić information content (AvgIpc) is 3.27. The molecule has 6 rings (SSSR count). The summed E-state index contributed by atoms with van der Waals surface area (Å²) in [5.74, 6) is 0. The second kappa shape index (κ2) is 18.1. The van der Waals surface area contributed by atoms with Crippen LogP contribution in [0.2, 0.25) is 15.4 Å². The van der Waals surface area contributed by atoms with Crippen LogP contribution >= 0.6 is 0 Å². The van der Waals surface area contributed by atoms with E-state index in [2.05, 4.69) is 205 Å². The molecule has 282 valence electrons. The minimum atomic E-state index is -2.92. The van der Waals surface area contributed by atoms with E-state index in [1.165, 1.54) is 25.2 Å². The average molecular weight is 818 g/mol. The van der Waals surface area contributed by atoms with Crippen molar-refractivity contribution in [2.45, 2.75) is 94.5 Å². The zero-order chi connectivity index (χ0) is 38.1. The molecule has 3 nitrogen and oxygen atoms in total. The first kappa shape index (κ1) is 40.3. The molecule has 0 saturated heterocycles. The molecule has 5 aromatic carbocycles. The molecule has 0 saturated carbocycles. The van der Waals surface area contributed by atoms with Crippen LogP contribution in [0.25, 0.3) is 0 Å². The molecular formula is C48H58O3SeSi2. The summed E-state index contributed by atoms with van der Waals surface area (Å²) in [6.07, 6.45) is 7.02. The first-order valence-electron chi connectivity index (χ1n) is 19.6. The third-order valence-corrected chi connectivity index (χ3v) is 23.2. The third kappa shape index (κ3) is 9.03. The van der Waals surface area contributed by atoms with Gasteiger partial charge in [0.1, 0.15) is 0 Å². The fraction of sp³-hybridized carbons (Fsp3) is 0.333. The second-order valence-electron chi connectivity index (χ2n) is 16.5. The summed E-state index contributed by atoms with van der Waals surface area (Å²) in [4.78, 5) is 0. The van der Waals surface area contributed by atoms with Gasteiger partial charge in [-0.1, -0.05) is 0 Å². The topological polar surface area (TPSA) is 27.7 Å². The van der Waals surface area contributed by atoms with Crippen LogP contribution in [0.1, 0.15) is 60.8 Å². The van der Waals surface area contributed by atoms with Gasteiger partial charge in [-0.25, -0.2) is 0 Å². The number of ether oxygens (including phenoxy) is 1. The van der Waals surface area contributed by atoms with Gasteiger partial charge in [-0.2, -0.15) is 0 Å². The van der Waals surface area contributed by atoms with Gasteiger partial charge in [0.05, 0.1) is 0 Å². The Morgan fingerprint density at radius 3 is 1.44 bits per heavy atom. The van der Waals surface area contributed by atoms with Gasteiger partial charge in [-0.05, 0) is 0 Å². The van der Waals surface area contributed by atoms with E-state index in [1.807, 2.05) is 0 Å². The van der Waals surface area contributed by atoms with Gasteiger partial charge in [-0.15, -0.1) is 0 Å². The maximum atomic E-state index is 8.00. The Kier molecular flexibility index (Phi) is 13.5. The van der Waals surface area contributed by atoms with Crippen molar-refractivity contribution in [1.82, 2.24) is 0 Å². The molecule has 1 aliphatic heterocycles. The van der Waals surface area contributed by atoms with Crippen LogP contribution in [0.4, 0.5) is 0 Å². The van der Waals surface area contributed by atoms with Crippen molar-refractivity contribution in [3.63, 3.8) is 0 Å². The fourth-order valence-electron chi connectivity index (χ4n) is 8.17. The predicted octanol–water partition coefficient (Wildman–Crippen LogP) is 8.45. The van der Waals surface area contributed by atoms with Gasteiger partial charge in [-0.3, -0.25) is 0 Å². The molecule has 0 aliphatic carbocycles. The molecule has 1 heterocycles. The minimum absolute atomic E-state index is 0.0889. The summed E-state index contributed by atoms with van der Waals surface area (Å²) in [5, 5.41) is 5.80. The number of allylic oxidation sites excluding steroid dienone is 1. The summed E-state index contributed by atoms with van der Waals surface area (Å²) < 4.78 is 24.6. The standard InChI is InChI=1S/C48H58O3SeSi2/c1-47(2,3)53(41-28-16-9-17-29-41,42-30-18-10-19-31-42)49-37-46-45(36-24-7-13-25-39(50-46)38-52-40-26-14-8-15-27-40)51-54(48(4,5)6,43-32-20-11-21-33-43)44-34-22-12-23-35-44/h7-12,14-24,26-35,39,45-46H,13,25,36-38H2,1-6H3/b24-7-/t39?,45-,46+/m0/s1. The van der Waals surface area contributed by atoms with Crippen molar-refractivity contribution in [3.05, 3.63) is 164 Å². The Labute approximate surface area is 333 Å². The van der Waals surface area contributed by atoms with E-state index in [-0.39, 0.29) is 28.4 Å². The van der Waals surface area contributed by atoms with Crippen LogP contribution in [-0.2, 0) is 13.6 Å². The fourth-order valence-corrected chi connectivity index (χ4v) is 19.5. The maximum absolute atomic E-state index is 8.00. The van der Waals surface area contributed by atoms with Crippen LogP contribution in [0.15, 0.2) is 164 Å². The molecule has 3 atom stereocenters. The predicted molar refractivity (Wildman–Crippen MR) is 234 cm³/mol. The van der Waals surface area contributed by atoms with Crippen molar-refractivity contribution in [2.75, 3.05) is 6.61 Å². The molecule has 1 unspecified atom stereocenters. The van der Waals surface area contributed by atoms with E-state index in [1.54, 1.807) is 0 Å². The van der Waals surface area contributed by atoms with Crippen LogP contribution in [0.3, 0.4) is 0 Å². The first-order chi connectivity index (χ1) is 26.0. The molecule has 0 spiro atoms. The molecule has 0 bridgehead atoms. The van der Waals surface area contributed by atoms with E-state index < -0.39 is 16.6 Å². The summed E-state index contributed by atoms with van der Waals surface area (Å²) in [6.45, 7) is 14.6. The van der Waals surface area contributed by atoms with Crippen molar-refractivity contribution >= 4 is 56.8 Å². The molecule has 0 amide bonds. The number of benzene rings is 5. The number of hydrogen-bond acceptors (Lipinski definition) is 3. The van der Waals surface area contributed by atoms with Crippen molar-refractivity contribution in [1.29, 1.82) is 0 Å². The van der Waals surface area contributed by atoms with E-state index in [0.29, 0.717) is 21.6 Å². The van der Waals surface area contributed by atoms with Gasteiger partial charge in [0.15, 0.2) is 0 Å². The van der Waals surface area contributed by atoms with E-state index in [4.69, 9.17) is 13.6 Å². The Balaban J connectivity index is 1.47.